The van der Waals surface area contributed by atoms with Crippen LogP contribution in [0.5, 0.6) is 0 Å². The molecule has 3 aromatic carbocycles. The molecule has 138 valence electrons. The van der Waals surface area contributed by atoms with Crippen molar-refractivity contribution >= 4 is 72.5 Å². The van der Waals surface area contributed by atoms with E-state index in [0.717, 1.165) is 19.7 Å². The van der Waals surface area contributed by atoms with Crippen molar-refractivity contribution in [2.24, 2.45) is 0 Å². The van der Waals surface area contributed by atoms with E-state index in [1.165, 1.54) is 12.3 Å². The average molecular weight is 505 g/mol. The van der Waals surface area contributed by atoms with Crippen molar-refractivity contribution in [2.75, 3.05) is 5.73 Å². The molecule has 28 heavy (non-hydrogen) atoms. The van der Waals surface area contributed by atoms with E-state index in [4.69, 9.17) is 17.3 Å². The van der Waals surface area contributed by atoms with E-state index in [9.17, 15) is 9.18 Å². The number of nitrogen functional groups attached to an aromatic ring is 1. The zero-order valence-electron chi connectivity index (χ0n) is 14.1. The zero-order chi connectivity index (χ0) is 19.6. The molecule has 4 N–H and O–H groups in total. The molecule has 5 aromatic rings. The molecule has 2 heterocycles. The van der Waals surface area contributed by atoms with Crippen molar-refractivity contribution in [1.82, 2.24) is 15.2 Å². The number of rotatable bonds is 1. The number of benzene rings is 3. The van der Waals surface area contributed by atoms with Crippen LogP contribution in [0.3, 0.4) is 0 Å². The Kier molecular flexibility index (Phi) is 3.85. The molecule has 0 fully saturated rings. The molecule has 0 bridgehead atoms. The first-order chi connectivity index (χ1) is 13.5. The molecule has 0 radical (unpaired) electrons. The van der Waals surface area contributed by atoms with Crippen LogP contribution in [-0.4, -0.2) is 15.2 Å². The smallest absolute Gasteiger partial charge is 0.272 e. The maximum absolute atomic E-state index is 14.1. The minimum atomic E-state index is -0.418. The minimum Gasteiger partial charge on any atom is -0.394 e. The number of aromatic amines is 2. The Labute approximate surface area is 175 Å². The van der Waals surface area contributed by atoms with Gasteiger partial charge in [0.25, 0.3) is 5.56 Å². The Morgan fingerprint density at radius 1 is 1.04 bits per heavy atom. The highest BCUT2D eigenvalue weighted by Crippen LogP contribution is 2.39. The summed E-state index contributed by atoms with van der Waals surface area (Å²) in [6.07, 6.45) is 1.53. The van der Waals surface area contributed by atoms with Crippen LogP contribution in [-0.2, 0) is 0 Å². The highest BCUT2D eigenvalue weighted by molar-refractivity contribution is 14.1. The lowest BCUT2D eigenvalue weighted by atomic mass is 9.95. The molecule has 0 spiro atoms. The zero-order valence-corrected chi connectivity index (χ0v) is 17.0. The maximum atomic E-state index is 14.1. The van der Waals surface area contributed by atoms with Crippen molar-refractivity contribution in [3.63, 3.8) is 0 Å². The predicted molar refractivity (Wildman–Crippen MR) is 119 cm³/mol. The molecule has 0 aliphatic heterocycles. The highest BCUT2D eigenvalue weighted by atomic mass is 127. The Morgan fingerprint density at radius 3 is 2.68 bits per heavy atom. The van der Waals surface area contributed by atoms with Crippen LogP contribution in [0.4, 0.5) is 10.1 Å². The number of fused-ring (bicyclic) bond motifs is 4. The summed E-state index contributed by atoms with van der Waals surface area (Å²) >= 11 is 8.38. The summed E-state index contributed by atoms with van der Waals surface area (Å²) in [6, 6.07) is 10.4. The lowest BCUT2D eigenvalue weighted by Gasteiger charge is -2.14. The molecule has 0 unspecified atom stereocenters. The van der Waals surface area contributed by atoms with Gasteiger partial charge >= 0.3 is 0 Å². The van der Waals surface area contributed by atoms with Gasteiger partial charge in [-0.1, -0.05) is 23.7 Å². The van der Waals surface area contributed by atoms with E-state index in [2.05, 4.69) is 37.8 Å². The second kappa shape index (κ2) is 6.18. The van der Waals surface area contributed by atoms with Crippen molar-refractivity contribution in [3.8, 4) is 11.1 Å². The molecule has 0 aliphatic carbocycles. The first-order valence-electron chi connectivity index (χ1n) is 8.31. The van der Waals surface area contributed by atoms with Crippen LogP contribution >= 0.6 is 34.2 Å². The van der Waals surface area contributed by atoms with E-state index in [1.807, 2.05) is 18.2 Å². The minimum absolute atomic E-state index is 0.0747. The van der Waals surface area contributed by atoms with E-state index in [1.54, 1.807) is 12.1 Å². The Morgan fingerprint density at radius 2 is 1.86 bits per heavy atom. The number of halogens is 3. The second-order valence-electron chi connectivity index (χ2n) is 6.47. The summed E-state index contributed by atoms with van der Waals surface area (Å²) in [5, 5.41) is 10.3. The molecule has 0 saturated heterocycles. The van der Waals surface area contributed by atoms with Crippen LogP contribution in [0, 0.1) is 9.39 Å². The first kappa shape index (κ1) is 17.4. The summed E-state index contributed by atoms with van der Waals surface area (Å²) in [4.78, 5) is 15.5. The summed E-state index contributed by atoms with van der Waals surface area (Å²) in [6.45, 7) is 0. The molecule has 0 atom stereocenters. The molecule has 2 aromatic heterocycles. The predicted octanol–water partition coefficient (Wildman–Crippen LogP) is 5.20. The monoisotopic (exact) mass is 504 g/mol. The van der Waals surface area contributed by atoms with E-state index < -0.39 is 11.4 Å². The van der Waals surface area contributed by atoms with E-state index in [-0.39, 0.29) is 11.2 Å². The molecule has 0 amide bonds. The van der Waals surface area contributed by atoms with Gasteiger partial charge < -0.3 is 10.7 Å². The number of anilines is 1. The van der Waals surface area contributed by atoms with Crippen LogP contribution < -0.4 is 11.3 Å². The molecular weight excluding hydrogens is 494 g/mol. The molecule has 8 heteroatoms. The standard InChI is InChI=1S/C20H11ClFIN4O/c21-8-1-2-10-11(5-8)15(23)6-12-16(17(24)20(28)26-18(10)12)9-3-4-14(22)19-13(9)7-25-27-19/h1-7H,24H2,(H,25,27)(H,26,28). The fourth-order valence-electron chi connectivity index (χ4n) is 3.64. The summed E-state index contributed by atoms with van der Waals surface area (Å²) in [7, 11) is 0. The van der Waals surface area contributed by atoms with Gasteiger partial charge in [-0.15, -0.1) is 0 Å². The SMILES string of the molecule is Nc1c(-c2ccc(F)c3[nH]ncc23)c2cc(I)c3cc(Cl)ccc3c2[nH]c1=O. The van der Waals surface area contributed by atoms with Crippen LogP contribution in [0.2, 0.25) is 5.02 Å². The van der Waals surface area contributed by atoms with Gasteiger partial charge in [-0.05, 0) is 57.8 Å². The molecular formula is C20H11ClFIN4O. The van der Waals surface area contributed by atoms with E-state index >= 15 is 0 Å². The van der Waals surface area contributed by atoms with Crippen molar-refractivity contribution in [3.05, 3.63) is 67.4 Å². The van der Waals surface area contributed by atoms with Crippen molar-refractivity contribution in [2.45, 2.75) is 0 Å². The number of H-pyrrole nitrogens is 2. The molecule has 0 aliphatic rings. The molecule has 5 rings (SSSR count). The van der Waals surface area contributed by atoms with Crippen LogP contribution in [0.15, 0.2) is 47.4 Å². The summed E-state index contributed by atoms with van der Waals surface area (Å²) < 4.78 is 15.1. The first-order valence-corrected chi connectivity index (χ1v) is 9.76. The summed E-state index contributed by atoms with van der Waals surface area (Å²) in [5.41, 5.74) is 8.00. The normalized spacial score (nSPS) is 11.7. The number of aromatic nitrogens is 3. The number of nitrogens with zero attached hydrogens (tertiary/aromatic N) is 1. The molecule has 5 nitrogen and oxygen atoms in total. The Balaban J connectivity index is 2.02. The molecule has 0 saturated carbocycles. The topological polar surface area (TPSA) is 87.6 Å². The van der Waals surface area contributed by atoms with Crippen molar-refractivity contribution < 1.29 is 4.39 Å². The van der Waals surface area contributed by atoms with Gasteiger partial charge in [-0.25, -0.2) is 4.39 Å². The number of pyridine rings is 1. The van der Waals surface area contributed by atoms with Crippen LogP contribution in [0.1, 0.15) is 0 Å². The van der Waals surface area contributed by atoms with Crippen molar-refractivity contribution in [1.29, 1.82) is 0 Å². The lowest BCUT2D eigenvalue weighted by molar-refractivity contribution is 0.636. The van der Waals surface area contributed by atoms with Gasteiger partial charge in [0.1, 0.15) is 17.0 Å². The Bertz CT molecular complexity index is 1490. The third-order valence-electron chi connectivity index (χ3n) is 4.90. The third-order valence-corrected chi connectivity index (χ3v) is 6.03. The van der Waals surface area contributed by atoms with Crippen LogP contribution in [0.25, 0.3) is 43.7 Å². The number of nitrogens with one attached hydrogen (secondary N) is 2. The lowest BCUT2D eigenvalue weighted by Crippen LogP contribution is -2.14. The van der Waals surface area contributed by atoms with Gasteiger partial charge in [0.2, 0.25) is 0 Å². The third kappa shape index (κ3) is 2.43. The largest absolute Gasteiger partial charge is 0.394 e. The Hall–Kier alpha value is -2.65. The fraction of sp³-hybridized carbons (Fsp3) is 0. The van der Waals surface area contributed by atoms with Gasteiger partial charge in [-0.2, -0.15) is 5.10 Å². The van der Waals surface area contributed by atoms with Gasteiger partial charge in [0, 0.05) is 30.3 Å². The second-order valence-corrected chi connectivity index (χ2v) is 8.07. The van der Waals surface area contributed by atoms with Gasteiger partial charge in [-0.3, -0.25) is 9.89 Å². The van der Waals surface area contributed by atoms with E-state index in [0.29, 0.717) is 27.1 Å². The average Bonchev–Trinajstić information content (AvgIpc) is 3.16. The fourth-order valence-corrected chi connectivity index (χ4v) is 4.57. The number of hydrogen-bond acceptors (Lipinski definition) is 3. The van der Waals surface area contributed by atoms with Gasteiger partial charge in [0.05, 0.1) is 11.7 Å². The van der Waals surface area contributed by atoms with Gasteiger partial charge in [0.15, 0.2) is 0 Å². The number of nitrogens with two attached hydrogens (primary N) is 1. The highest BCUT2D eigenvalue weighted by Gasteiger charge is 2.19. The summed E-state index contributed by atoms with van der Waals surface area (Å²) in [5.74, 6) is -0.418. The maximum Gasteiger partial charge on any atom is 0.272 e. The quantitative estimate of drug-likeness (QED) is 0.216. The number of hydrogen-bond donors (Lipinski definition) is 3.